The number of allylic oxidation sites excluding steroid dienone is 1. The summed E-state index contributed by atoms with van der Waals surface area (Å²) in [6.45, 7) is 4.87. The van der Waals surface area contributed by atoms with Crippen LogP contribution in [0.4, 0.5) is 0 Å². The molecule has 0 radical (unpaired) electrons. The van der Waals surface area contributed by atoms with Gasteiger partial charge in [0.2, 0.25) is 0 Å². The van der Waals surface area contributed by atoms with Crippen LogP contribution >= 0.6 is 0 Å². The second-order valence-corrected chi connectivity index (χ2v) is 9.00. The Morgan fingerprint density at radius 1 is 1.09 bits per heavy atom. The van der Waals surface area contributed by atoms with Gasteiger partial charge in [-0.25, -0.2) is 0 Å². The Hall–Kier alpha value is -0.630. The molecule has 2 nitrogen and oxygen atoms in total. The first-order valence-electron chi connectivity index (χ1n) is 9.33. The third-order valence-electron chi connectivity index (χ3n) is 8.33. The highest BCUT2D eigenvalue weighted by Crippen LogP contribution is 2.66. The van der Waals surface area contributed by atoms with E-state index in [1.807, 2.05) is 0 Å². The van der Waals surface area contributed by atoms with Gasteiger partial charge < -0.3 is 9.90 Å². The van der Waals surface area contributed by atoms with E-state index in [0.29, 0.717) is 11.3 Å². The number of aldehydes is 1. The first-order chi connectivity index (χ1) is 10.5. The van der Waals surface area contributed by atoms with E-state index in [4.69, 9.17) is 0 Å². The number of carbonyl (C=O) groups is 1. The number of fused-ring (bicyclic) bond motifs is 5. The zero-order valence-electron chi connectivity index (χ0n) is 14.1. The molecule has 0 aromatic heterocycles. The highest BCUT2D eigenvalue weighted by Gasteiger charge is 2.58. The second-order valence-electron chi connectivity index (χ2n) is 9.00. The SMILES string of the molecule is C[C@]12CC[C@H]3[C@@H](CCC4=C[C@@H](O)CC[C@@]43C)[C@@H]1CC[C@@H]2C=O. The van der Waals surface area contributed by atoms with Gasteiger partial charge in [-0.1, -0.05) is 25.5 Å². The van der Waals surface area contributed by atoms with Gasteiger partial charge in [0.25, 0.3) is 0 Å². The molecule has 0 spiro atoms. The maximum Gasteiger partial charge on any atom is 0.123 e. The molecule has 0 unspecified atom stereocenters. The number of aliphatic hydroxyl groups excluding tert-OH is 1. The first-order valence-corrected chi connectivity index (χ1v) is 9.33. The minimum atomic E-state index is -0.209. The fourth-order valence-electron chi connectivity index (χ4n) is 6.97. The Bertz CT molecular complexity index is 510. The Balaban J connectivity index is 1.67. The second kappa shape index (κ2) is 4.93. The summed E-state index contributed by atoms with van der Waals surface area (Å²) < 4.78 is 0. The van der Waals surface area contributed by atoms with Gasteiger partial charge in [0, 0.05) is 5.92 Å². The maximum atomic E-state index is 11.5. The minimum absolute atomic E-state index is 0.209. The third kappa shape index (κ3) is 1.85. The van der Waals surface area contributed by atoms with E-state index in [-0.39, 0.29) is 11.5 Å². The predicted molar refractivity (Wildman–Crippen MR) is 87.3 cm³/mol. The molecule has 3 fully saturated rings. The standard InChI is InChI=1S/C20H30O2/c1-19-9-7-15(22)11-13(19)3-5-16-17-6-4-14(12-21)20(17,2)10-8-18(16)19/h11-12,14-18,22H,3-10H2,1-2H3/t14-,15+,16+,17+,18+,19+,20-/m1/s1. The van der Waals surface area contributed by atoms with Crippen molar-refractivity contribution in [3.63, 3.8) is 0 Å². The van der Waals surface area contributed by atoms with Gasteiger partial charge in [-0.2, -0.15) is 0 Å². The summed E-state index contributed by atoms with van der Waals surface area (Å²) in [5.41, 5.74) is 2.14. The monoisotopic (exact) mass is 302 g/mol. The van der Waals surface area contributed by atoms with Crippen LogP contribution in [0.3, 0.4) is 0 Å². The summed E-state index contributed by atoms with van der Waals surface area (Å²) in [4.78, 5) is 11.5. The van der Waals surface area contributed by atoms with Crippen LogP contribution in [0.5, 0.6) is 0 Å². The lowest BCUT2D eigenvalue weighted by Gasteiger charge is -2.58. The zero-order chi connectivity index (χ0) is 15.5. The van der Waals surface area contributed by atoms with Crippen LogP contribution in [0.1, 0.15) is 65.2 Å². The summed E-state index contributed by atoms with van der Waals surface area (Å²) in [7, 11) is 0. The summed E-state index contributed by atoms with van der Waals surface area (Å²) in [6, 6.07) is 0. The average molecular weight is 302 g/mol. The zero-order valence-corrected chi connectivity index (χ0v) is 14.1. The molecule has 0 saturated heterocycles. The lowest BCUT2D eigenvalue weighted by Crippen LogP contribution is -2.50. The van der Waals surface area contributed by atoms with Gasteiger partial charge in [-0.3, -0.25) is 0 Å². The van der Waals surface area contributed by atoms with E-state index in [2.05, 4.69) is 19.9 Å². The minimum Gasteiger partial charge on any atom is -0.389 e. The van der Waals surface area contributed by atoms with Crippen LogP contribution in [0.2, 0.25) is 0 Å². The number of hydrogen-bond acceptors (Lipinski definition) is 2. The number of rotatable bonds is 1. The van der Waals surface area contributed by atoms with E-state index < -0.39 is 0 Å². The topological polar surface area (TPSA) is 37.3 Å². The molecule has 0 aliphatic heterocycles. The molecule has 4 aliphatic carbocycles. The molecule has 1 N–H and O–H groups in total. The third-order valence-corrected chi connectivity index (χ3v) is 8.33. The van der Waals surface area contributed by atoms with Crippen molar-refractivity contribution in [1.82, 2.24) is 0 Å². The molecule has 3 saturated carbocycles. The van der Waals surface area contributed by atoms with Crippen molar-refractivity contribution < 1.29 is 9.90 Å². The maximum absolute atomic E-state index is 11.5. The van der Waals surface area contributed by atoms with E-state index in [9.17, 15) is 9.90 Å². The van der Waals surface area contributed by atoms with E-state index in [0.717, 1.165) is 37.0 Å². The van der Waals surface area contributed by atoms with Gasteiger partial charge in [-0.15, -0.1) is 0 Å². The molecule has 0 aromatic carbocycles. The number of carbonyl (C=O) groups excluding carboxylic acids is 1. The predicted octanol–water partition coefficient (Wildman–Crippen LogP) is 4.13. The molecule has 0 bridgehead atoms. The van der Waals surface area contributed by atoms with Crippen molar-refractivity contribution in [3.05, 3.63) is 11.6 Å². The number of hydrogen-bond donors (Lipinski definition) is 1. The van der Waals surface area contributed by atoms with Gasteiger partial charge in [0.15, 0.2) is 0 Å². The normalized spacial score (nSPS) is 54.0. The van der Waals surface area contributed by atoms with Crippen LogP contribution in [-0.2, 0) is 4.79 Å². The molecular weight excluding hydrogens is 272 g/mol. The van der Waals surface area contributed by atoms with Crippen LogP contribution in [0.15, 0.2) is 11.6 Å². The van der Waals surface area contributed by atoms with Crippen molar-refractivity contribution in [1.29, 1.82) is 0 Å². The smallest absolute Gasteiger partial charge is 0.123 e. The van der Waals surface area contributed by atoms with Gasteiger partial charge in [-0.05, 0) is 80.0 Å². The van der Waals surface area contributed by atoms with Crippen molar-refractivity contribution in [2.45, 2.75) is 71.3 Å². The lowest BCUT2D eigenvalue weighted by atomic mass is 9.47. The lowest BCUT2D eigenvalue weighted by molar-refractivity contribution is -0.118. The Morgan fingerprint density at radius 2 is 1.91 bits per heavy atom. The quantitative estimate of drug-likeness (QED) is 0.584. The van der Waals surface area contributed by atoms with Gasteiger partial charge >= 0.3 is 0 Å². The van der Waals surface area contributed by atoms with Gasteiger partial charge in [0.05, 0.1) is 6.10 Å². The van der Waals surface area contributed by atoms with E-state index >= 15 is 0 Å². The van der Waals surface area contributed by atoms with Gasteiger partial charge in [0.1, 0.15) is 6.29 Å². The van der Waals surface area contributed by atoms with E-state index in [1.54, 1.807) is 5.57 Å². The summed E-state index contributed by atoms with van der Waals surface area (Å²) in [5, 5.41) is 10.0. The molecule has 7 atom stereocenters. The molecule has 22 heavy (non-hydrogen) atoms. The Morgan fingerprint density at radius 3 is 2.68 bits per heavy atom. The highest BCUT2D eigenvalue weighted by molar-refractivity contribution is 5.56. The molecule has 2 heteroatoms. The molecule has 4 aliphatic rings. The average Bonchev–Trinajstić information content (AvgIpc) is 2.84. The molecular formula is C20H30O2. The fourth-order valence-corrected chi connectivity index (χ4v) is 6.97. The largest absolute Gasteiger partial charge is 0.389 e. The van der Waals surface area contributed by atoms with Crippen molar-refractivity contribution in [2.75, 3.05) is 0 Å². The van der Waals surface area contributed by atoms with Crippen molar-refractivity contribution in [3.8, 4) is 0 Å². The molecule has 0 aromatic rings. The molecule has 122 valence electrons. The fraction of sp³-hybridized carbons (Fsp3) is 0.850. The Kier molecular flexibility index (Phi) is 3.35. The van der Waals surface area contributed by atoms with Crippen LogP contribution < -0.4 is 0 Å². The van der Waals surface area contributed by atoms with Crippen LogP contribution in [0, 0.1) is 34.5 Å². The summed E-state index contributed by atoms with van der Waals surface area (Å²) in [5.74, 6) is 2.65. The molecule has 4 rings (SSSR count). The summed E-state index contributed by atoms with van der Waals surface area (Å²) >= 11 is 0. The molecule has 0 heterocycles. The van der Waals surface area contributed by atoms with Crippen molar-refractivity contribution in [2.24, 2.45) is 34.5 Å². The van der Waals surface area contributed by atoms with E-state index in [1.165, 1.54) is 38.4 Å². The highest BCUT2D eigenvalue weighted by atomic mass is 16.3. The van der Waals surface area contributed by atoms with Crippen molar-refractivity contribution >= 4 is 6.29 Å². The molecule has 0 amide bonds. The van der Waals surface area contributed by atoms with Crippen LogP contribution in [-0.4, -0.2) is 17.5 Å². The van der Waals surface area contributed by atoms with Crippen LogP contribution in [0.25, 0.3) is 0 Å². The Labute approximate surface area is 134 Å². The summed E-state index contributed by atoms with van der Waals surface area (Å²) in [6.07, 6.45) is 12.7. The number of aliphatic hydroxyl groups is 1. The first kappa shape index (κ1) is 14.9.